The summed E-state index contributed by atoms with van der Waals surface area (Å²) in [5.41, 5.74) is 7.11. The van der Waals surface area contributed by atoms with Crippen LogP contribution >= 0.6 is 0 Å². The van der Waals surface area contributed by atoms with Gasteiger partial charge in [-0.25, -0.2) is 8.42 Å². The number of anilines is 2. The van der Waals surface area contributed by atoms with Crippen LogP contribution in [-0.2, 0) is 26.2 Å². The number of aliphatic hydroxyl groups is 1. The van der Waals surface area contributed by atoms with E-state index in [1.807, 2.05) is 32.2 Å². The number of carbonyl (C=O) groups is 2. The Kier molecular flexibility index (Phi) is 8.58. The molecule has 0 radical (unpaired) electrons. The molecule has 4 rings (SSSR count). The van der Waals surface area contributed by atoms with Gasteiger partial charge in [-0.3, -0.25) is 14.3 Å². The van der Waals surface area contributed by atoms with Gasteiger partial charge in [-0.1, -0.05) is 30.3 Å². The van der Waals surface area contributed by atoms with Gasteiger partial charge in [-0.2, -0.15) is 0 Å². The van der Waals surface area contributed by atoms with Gasteiger partial charge in [0.1, 0.15) is 0 Å². The second-order valence-corrected chi connectivity index (χ2v) is 11.9. The summed E-state index contributed by atoms with van der Waals surface area (Å²) in [6.45, 7) is 5.07. The number of amides is 2. The van der Waals surface area contributed by atoms with Crippen molar-refractivity contribution >= 4 is 44.1 Å². The predicted molar refractivity (Wildman–Crippen MR) is 155 cm³/mol. The molecule has 0 saturated carbocycles. The predicted octanol–water partition coefficient (Wildman–Crippen LogP) is 3.36. The van der Waals surface area contributed by atoms with Crippen molar-refractivity contribution in [2.24, 2.45) is 5.73 Å². The van der Waals surface area contributed by atoms with E-state index in [9.17, 15) is 23.1 Å². The summed E-state index contributed by atoms with van der Waals surface area (Å²) in [5.74, 6) is -1.91. The first-order valence-electron chi connectivity index (χ1n) is 12.7. The van der Waals surface area contributed by atoms with E-state index in [0.29, 0.717) is 23.5 Å². The quantitative estimate of drug-likeness (QED) is 0.176. The van der Waals surface area contributed by atoms with Crippen molar-refractivity contribution in [1.82, 2.24) is 9.88 Å². The monoisotopic (exact) mass is 563 g/mol. The van der Waals surface area contributed by atoms with Crippen molar-refractivity contribution in [3.05, 3.63) is 90.6 Å². The smallest absolute Gasteiger partial charge is 0.313 e. The van der Waals surface area contributed by atoms with Crippen molar-refractivity contribution in [2.45, 2.75) is 43.4 Å². The molecule has 1 heterocycles. The largest absolute Gasteiger partial charge is 0.387 e. The topological polar surface area (TPSA) is 156 Å². The van der Waals surface area contributed by atoms with E-state index in [2.05, 4.69) is 19.9 Å². The van der Waals surface area contributed by atoms with Crippen LogP contribution < -0.4 is 21.1 Å². The minimum Gasteiger partial charge on any atom is -0.387 e. The lowest BCUT2D eigenvalue weighted by Crippen LogP contribution is -2.42. The lowest BCUT2D eigenvalue weighted by molar-refractivity contribution is -0.134. The number of nitrogens with zero attached hydrogens (tertiary/aromatic N) is 1. The van der Waals surface area contributed by atoms with Crippen LogP contribution in [0.2, 0.25) is 0 Å². The van der Waals surface area contributed by atoms with Crippen molar-refractivity contribution < 1.29 is 23.1 Å². The normalized spacial score (nSPS) is 12.7. The van der Waals surface area contributed by atoms with Crippen LogP contribution in [0.1, 0.15) is 31.9 Å². The van der Waals surface area contributed by atoms with Gasteiger partial charge in [-0.15, -0.1) is 0 Å². The molecule has 0 fully saturated rings. The second-order valence-electron chi connectivity index (χ2n) is 10.2. The van der Waals surface area contributed by atoms with Gasteiger partial charge >= 0.3 is 11.8 Å². The molecule has 0 saturated heterocycles. The molecular formula is C29H33N5O5S. The SMILES string of the molecule is CC(C)(CCn1ccc2cc(NC(=O)C(N)=O)ccc21)NC[C@H](O)c1cccc(NS(=O)(=O)c2ccccc2)c1. The number of benzene rings is 3. The van der Waals surface area contributed by atoms with Crippen LogP contribution in [0, 0.1) is 0 Å². The molecule has 40 heavy (non-hydrogen) atoms. The van der Waals surface area contributed by atoms with E-state index in [1.165, 1.54) is 12.1 Å². The molecule has 11 heteroatoms. The van der Waals surface area contributed by atoms with E-state index < -0.39 is 27.9 Å². The van der Waals surface area contributed by atoms with Crippen LogP contribution in [0.4, 0.5) is 11.4 Å². The maximum absolute atomic E-state index is 12.7. The summed E-state index contributed by atoms with van der Waals surface area (Å²) < 4.78 is 30.0. The summed E-state index contributed by atoms with van der Waals surface area (Å²) >= 11 is 0. The number of carbonyl (C=O) groups excluding carboxylic acids is 2. The molecule has 0 spiro atoms. The Bertz CT molecular complexity index is 1620. The average Bonchev–Trinajstić information content (AvgIpc) is 3.33. The van der Waals surface area contributed by atoms with Gasteiger partial charge in [0.25, 0.3) is 10.0 Å². The number of rotatable bonds is 11. The second kappa shape index (κ2) is 11.9. The van der Waals surface area contributed by atoms with Gasteiger partial charge in [0.05, 0.1) is 11.0 Å². The maximum atomic E-state index is 12.7. The Morgan fingerprint density at radius 1 is 0.975 bits per heavy atom. The van der Waals surface area contributed by atoms with Crippen LogP contribution in [-0.4, -0.2) is 42.0 Å². The minimum absolute atomic E-state index is 0.162. The first-order valence-corrected chi connectivity index (χ1v) is 14.2. The van der Waals surface area contributed by atoms with Crippen molar-refractivity contribution in [3.8, 4) is 0 Å². The molecule has 0 unspecified atom stereocenters. The fourth-order valence-corrected chi connectivity index (χ4v) is 5.34. The number of nitrogens with two attached hydrogens (primary N) is 1. The highest BCUT2D eigenvalue weighted by Gasteiger charge is 2.21. The highest BCUT2D eigenvalue weighted by atomic mass is 32.2. The molecule has 0 aliphatic carbocycles. The maximum Gasteiger partial charge on any atom is 0.313 e. The Balaban J connectivity index is 1.34. The number of β-amino-alcohol motifs (C(OH)–C–C–N with tert-alkyl or cyclic N) is 1. The van der Waals surface area contributed by atoms with Crippen LogP contribution in [0.5, 0.6) is 0 Å². The van der Waals surface area contributed by atoms with Gasteiger partial charge < -0.3 is 26.0 Å². The molecule has 2 amide bonds. The molecule has 0 aliphatic heterocycles. The Morgan fingerprint density at radius 3 is 2.45 bits per heavy atom. The fraction of sp³-hybridized carbons (Fsp3) is 0.241. The highest BCUT2D eigenvalue weighted by Crippen LogP contribution is 2.24. The van der Waals surface area contributed by atoms with E-state index in [0.717, 1.165) is 17.3 Å². The summed E-state index contributed by atoms with van der Waals surface area (Å²) in [5, 5.41) is 17.6. The number of sulfonamides is 1. The molecule has 1 atom stereocenters. The number of nitrogens with one attached hydrogen (secondary N) is 3. The fourth-order valence-electron chi connectivity index (χ4n) is 4.27. The molecule has 210 valence electrons. The average molecular weight is 564 g/mol. The molecule has 10 nitrogen and oxygen atoms in total. The first kappa shape index (κ1) is 28.8. The lowest BCUT2D eigenvalue weighted by Gasteiger charge is -2.28. The molecule has 0 bridgehead atoms. The van der Waals surface area contributed by atoms with Crippen molar-refractivity contribution in [2.75, 3.05) is 16.6 Å². The summed E-state index contributed by atoms with van der Waals surface area (Å²) in [6.07, 6.45) is 1.86. The van der Waals surface area contributed by atoms with Crippen molar-refractivity contribution in [1.29, 1.82) is 0 Å². The van der Waals surface area contributed by atoms with E-state index in [1.54, 1.807) is 54.6 Å². The number of aromatic nitrogens is 1. The number of aryl methyl sites for hydroxylation is 1. The molecule has 0 aliphatic rings. The first-order chi connectivity index (χ1) is 18.9. The number of aliphatic hydroxyl groups excluding tert-OH is 1. The number of primary amides is 1. The zero-order chi connectivity index (χ0) is 28.9. The van der Waals surface area contributed by atoms with Crippen molar-refractivity contribution in [3.63, 3.8) is 0 Å². The van der Waals surface area contributed by atoms with E-state index in [-0.39, 0.29) is 17.0 Å². The minimum atomic E-state index is -3.73. The Morgan fingerprint density at radius 2 is 1.73 bits per heavy atom. The molecular weight excluding hydrogens is 530 g/mol. The van der Waals surface area contributed by atoms with Gasteiger partial charge in [0.2, 0.25) is 0 Å². The summed E-state index contributed by atoms with van der Waals surface area (Å²) in [4.78, 5) is 22.7. The van der Waals surface area contributed by atoms with Crippen LogP contribution in [0.3, 0.4) is 0 Å². The van der Waals surface area contributed by atoms with Gasteiger partial charge in [-0.05, 0) is 74.4 Å². The van der Waals surface area contributed by atoms with Gasteiger partial charge in [0, 0.05) is 47.1 Å². The zero-order valence-electron chi connectivity index (χ0n) is 22.3. The lowest BCUT2D eigenvalue weighted by atomic mass is 9.99. The number of hydrogen-bond acceptors (Lipinski definition) is 6. The molecule has 4 aromatic rings. The third-order valence-electron chi connectivity index (χ3n) is 6.58. The van der Waals surface area contributed by atoms with E-state index in [4.69, 9.17) is 5.73 Å². The van der Waals surface area contributed by atoms with Crippen LogP contribution in [0.15, 0.2) is 90.0 Å². The number of fused-ring (bicyclic) bond motifs is 1. The zero-order valence-corrected chi connectivity index (χ0v) is 23.1. The molecule has 3 aromatic carbocycles. The van der Waals surface area contributed by atoms with E-state index >= 15 is 0 Å². The standard InChI is InChI=1S/C29H33N5O5S/c1-29(2,14-16-34-15-13-20-17-22(11-12-25(20)34)32-28(37)27(30)36)31-19-26(35)21-7-6-8-23(18-21)33-40(38,39)24-9-4-3-5-10-24/h3-13,15,17-18,26,31,33,35H,14,16,19H2,1-2H3,(H2,30,36)(H,32,37)/t26-/m0/s1. The third kappa shape index (κ3) is 7.26. The Labute approximate surface area is 233 Å². The Hall–Kier alpha value is -4.19. The third-order valence-corrected chi connectivity index (χ3v) is 7.98. The summed E-state index contributed by atoms with van der Waals surface area (Å²) in [7, 11) is -3.73. The van der Waals surface area contributed by atoms with Crippen LogP contribution in [0.25, 0.3) is 10.9 Å². The molecule has 1 aromatic heterocycles. The van der Waals surface area contributed by atoms with Gasteiger partial charge in [0.15, 0.2) is 0 Å². The summed E-state index contributed by atoms with van der Waals surface area (Å²) in [6, 6.07) is 22.1. The number of hydrogen-bond donors (Lipinski definition) is 5. The molecule has 6 N–H and O–H groups in total. The highest BCUT2D eigenvalue weighted by molar-refractivity contribution is 7.92.